The van der Waals surface area contributed by atoms with E-state index in [1.54, 1.807) is 41.3 Å². The molecule has 0 aliphatic carbocycles. The predicted molar refractivity (Wildman–Crippen MR) is 140 cm³/mol. The Balaban J connectivity index is 1.76. The Hall–Kier alpha value is -3.38. The number of rotatable bonds is 13. The van der Waals surface area contributed by atoms with Crippen molar-refractivity contribution in [1.82, 2.24) is 10.2 Å². The second-order valence-electron chi connectivity index (χ2n) is 8.55. The van der Waals surface area contributed by atoms with Crippen molar-refractivity contribution in [1.29, 1.82) is 0 Å². The molecule has 36 heavy (non-hydrogen) atoms. The first-order valence-corrected chi connectivity index (χ1v) is 12.6. The molecule has 0 bridgehead atoms. The molecule has 0 aromatic heterocycles. The van der Waals surface area contributed by atoms with Crippen molar-refractivity contribution in [3.05, 3.63) is 101 Å². The van der Waals surface area contributed by atoms with Crippen LogP contribution in [0.2, 0.25) is 5.02 Å². The van der Waals surface area contributed by atoms with E-state index in [0.29, 0.717) is 36.8 Å². The van der Waals surface area contributed by atoms with E-state index in [-0.39, 0.29) is 30.6 Å². The number of hydrogen-bond donors (Lipinski definition) is 1. The highest BCUT2D eigenvalue weighted by molar-refractivity contribution is 6.30. The van der Waals surface area contributed by atoms with Crippen molar-refractivity contribution in [2.24, 2.45) is 0 Å². The minimum atomic E-state index is -0.700. The van der Waals surface area contributed by atoms with Crippen molar-refractivity contribution < 1.29 is 18.7 Å². The first kappa shape index (κ1) is 27.2. The first-order valence-electron chi connectivity index (χ1n) is 12.2. The third kappa shape index (κ3) is 8.68. The van der Waals surface area contributed by atoms with Gasteiger partial charge in [-0.15, -0.1) is 0 Å². The van der Waals surface area contributed by atoms with Gasteiger partial charge in [0.1, 0.15) is 17.6 Å². The summed E-state index contributed by atoms with van der Waals surface area (Å²) in [5.74, 6) is -0.0337. The normalized spacial score (nSPS) is 11.5. The molecule has 0 aliphatic heterocycles. The molecule has 0 radical (unpaired) electrons. The number of nitrogens with zero attached hydrogens (tertiary/aromatic N) is 1. The average molecular weight is 511 g/mol. The summed E-state index contributed by atoms with van der Waals surface area (Å²) in [6.07, 6.45) is 1.86. The van der Waals surface area contributed by atoms with Gasteiger partial charge in [0.05, 0.1) is 6.61 Å². The summed E-state index contributed by atoms with van der Waals surface area (Å²) in [5.41, 5.74) is 1.71. The maximum Gasteiger partial charge on any atom is 0.243 e. The molecule has 3 aromatic carbocycles. The summed E-state index contributed by atoms with van der Waals surface area (Å²) in [7, 11) is 0. The van der Waals surface area contributed by atoms with Gasteiger partial charge in [0.15, 0.2) is 0 Å². The number of halogens is 2. The lowest BCUT2D eigenvalue weighted by molar-refractivity contribution is -0.141. The lowest BCUT2D eigenvalue weighted by Gasteiger charge is -2.31. The largest absolute Gasteiger partial charge is 0.494 e. The predicted octanol–water partition coefficient (Wildman–Crippen LogP) is 5.80. The molecule has 1 N–H and O–H groups in total. The molecule has 0 spiro atoms. The summed E-state index contributed by atoms with van der Waals surface area (Å²) in [6, 6.07) is 22.0. The van der Waals surface area contributed by atoms with Gasteiger partial charge >= 0.3 is 0 Å². The Morgan fingerprint density at radius 3 is 2.33 bits per heavy atom. The number of carbonyl (C=O) groups is 2. The molecule has 7 heteroatoms. The van der Waals surface area contributed by atoms with E-state index in [9.17, 15) is 14.0 Å². The number of carbonyl (C=O) groups excluding carboxylic acids is 2. The summed E-state index contributed by atoms with van der Waals surface area (Å²) in [5, 5.41) is 3.57. The topological polar surface area (TPSA) is 58.6 Å². The Kier molecular flexibility index (Phi) is 10.8. The Morgan fingerprint density at radius 1 is 0.972 bits per heavy atom. The number of benzene rings is 3. The van der Waals surface area contributed by atoms with E-state index in [0.717, 1.165) is 17.5 Å². The van der Waals surface area contributed by atoms with Gasteiger partial charge in [-0.05, 0) is 60.4 Å². The minimum Gasteiger partial charge on any atom is -0.494 e. The second-order valence-corrected chi connectivity index (χ2v) is 8.99. The summed E-state index contributed by atoms with van der Waals surface area (Å²) in [6.45, 7) is 3.06. The highest BCUT2D eigenvalue weighted by Gasteiger charge is 2.30. The van der Waals surface area contributed by atoms with Crippen LogP contribution >= 0.6 is 11.6 Å². The molecule has 0 aliphatic rings. The zero-order valence-electron chi connectivity index (χ0n) is 20.5. The highest BCUT2D eigenvalue weighted by atomic mass is 35.5. The van der Waals surface area contributed by atoms with Crippen LogP contribution in [0.4, 0.5) is 4.39 Å². The fourth-order valence-electron chi connectivity index (χ4n) is 3.79. The maximum absolute atomic E-state index is 13.5. The molecule has 2 amide bonds. The number of amides is 2. The third-order valence-corrected chi connectivity index (χ3v) is 5.96. The van der Waals surface area contributed by atoms with Gasteiger partial charge in [0.2, 0.25) is 11.8 Å². The highest BCUT2D eigenvalue weighted by Crippen LogP contribution is 2.18. The zero-order valence-corrected chi connectivity index (χ0v) is 21.2. The quantitative estimate of drug-likeness (QED) is 0.295. The van der Waals surface area contributed by atoms with Crippen molar-refractivity contribution in [3.8, 4) is 5.75 Å². The molecule has 3 rings (SSSR count). The molecule has 0 saturated heterocycles. The Labute approximate surface area is 217 Å². The van der Waals surface area contributed by atoms with Gasteiger partial charge in [-0.25, -0.2) is 4.39 Å². The second kappa shape index (κ2) is 14.2. The van der Waals surface area contributed by atoms with Gasteiger partial charge in [-0.3, -0.25) is 9.59 Å². The molecule has 1 atom stereocenters. The molecule has 0 unspecified atom stereocenters. The van der Waals surface area contributed by atoms with Gasteiger partial charge in [0, 0.05) is 31.0 Å². The van der Waals surface area contributed by atoms with E-state index < -0.39 is 6.04 Å². The molecular weight excluding hydrogens is 479 g/mol. The van der Waals surface area contributed by atoms with Crippen LogP contribution in [0.1, 0.15) is 37.3 Å². The standard InChI is InChI=1S/C29H32ClFN2O3/c1-2-18-32-29(35)27(20-22-7-4-3-5-8-22)33(21-23-10-14-25(31)15-11-23)28(34)9-6-19-36-26-16-12-24(30)13-17-26/h3-5,7-8,10-17,27H,2,6,9,18-21H2,1H3,(H,32,35)/t27-/m1/s1. The van der Waals surface area contributed by atoms with Crippen LogP contribution < -0.4 is 10.1 Å². The lowest BCUT2D eigenvalue weighted by Crippen LogP contribution is -2.50. The van der Waals surface area contributed by atoms with Crippen LogP contribution in [0.15, 0.2) is 78.9 Å². The van der Waals surface area contributed by atoms with Gasteiger partial charge in [-0.2, -0.15) is 0 Å². The number of hydrogen-bond acceptors (Lipinski definition) is 3. The summed E-state index contributed by atoms with van der Waals surface area (Å²) >= 11 is 5.91. The molecule has 190 valence electrons. The maximum atomic E-state index is 13.5. The van der Waals surface area contributed by atoms with Crippen LogP contribution in [-0.4, -0.2) is 35.9 Å². The Morgan fingerprint density at radius 2 is 1.67 bits per heavy atom. The molecule has 0 saturated carbocycles. The van der Waals surface area contributed by atoms with Gasteiger partial charge in [-0.1, -0.05) is 61.0 Å². The smallest absolute Gasteiger partial charge is 0.243 e. The van der Waals surface area contributed by atoms with E-state index >= 15 is 0 Å². The fraction of sp³-hybridized carbons (Fsp3) is 0.310. The van der Waals surface area contributed by atoms with E-state index in [1.165, 1.54) is 12.1 Å². The van der Waals surface area contributed by atoms with Crippen LogP contribution in [0, 0.1) is 5.82 Å². The number of nitrogens with one attached hydrogen (secondary N) is 1. The first-order chi connectivity index (χ1) is 17.5. The molecule has 0 heterocycles. The molecular formula is C29H32ClFN2O3. The van der Waals surface area contributed by atoms with E-state index in [4.69, 9.17) is 16.3 Å². The van der Waals surface area contributed by atoms with E-state index in [1.807, 2.05) is 37.3 Å². The van der Waals surface area contributed by atoms with Crippen LogP contribution in [0.3, 0.4) is 0 Å². The number of ether oxygens (including phenoxy) is 1. The van der Waals surface area contributed by atoms with Crippen LogP contribution in [0.25, 0.3) is 0 Å². The van der Waals surface area contributed by atoms with Crippen LogP contribution in [-0.2, 0) is 22.6 Å². The Bertz CT molecular complexity index is 1090. The summed E-state index contributed by atoms with van der Waals surface area (Å²) in [4.78, 5) is 28.3. The average Bonchev–Trinajstić information content (AvgIpc) is 2.89. The fourth-order valence-corrected chi connectivity index (χ4v) is 3.92. The summed E-state index contributed by atoms with van der Waals surface area (Å²) < 4.78 is 19.2. The monoisotopic (exact) mass is 510 g/mol. The molecule has 3 aromatic rings. The van der Waals surface area contributed by atoms with Crippen molar-refractivity contribution >= 4 is 23.4 Å². The SMILES string of the molecule is CCCNC(=O)[C@@H](Cc1ccccc1)N(Cc1ccc(F)cc1)C(=O)CCCOc1ccc(Cl)cc1. The van der Waals surface area contributed by atoms with Crippen molar-refractivity contribution in [3.63, 3.8) is 0 Å². The van der Waals surface area contributed by atoms with Crippen LogP contribution in [0.5, 0.6) is 5.75 Å². The zero-order chi connectivity index (χ0) is 25.8. The third-order valence-electron chi connectivity index (χ3n) is 5.70. The van der Waals surface area contributed by atoms with Crippen molar-refractivity contribution in [2.45, 2.75) is 45.2 Å². The minimum absolute atomic E-state index is 0.161. The lowest BCUT2D eigenvalue weighted by atomic mass is 10.0. The molecule has 0 fully saturated rings. The van der Waals surface area contributed by atoms with Gasteiger partial charge in [0.25, 0.3) is 0 Å². The van der Waals surface area contributed by atoms with E-state index in [2.05, 4.69) is 5.32 Å². The van der Waals surface area contributed by atoms with Gasteiger partial charge < -0.3 is 15.0 Å². The molecule has 5 nitrogen and oxygen atoms in total. The van der Waals surface area contributed by atoms with Crippen molar-refractivity contribution in [2.75, 3.05) is 13.2 Å².